The number of carbonyl (C=O) groups is 1. The maximum atomic E-state index is 13.0. The van der Waals surface area contributed by atoms with E-state index in [1.54, 1.807) is 18.2 Å². The molecule has 0 radical (unpaired) electrons. The summed E-state index contributed by atoms with van der Waals surface area (Å²) in [5.41, 5.74) is 0.571. The quantitative estimate of drug-likeness (QED) is 0.644. The van der Waals surface area contributed by atoms with Gasteiger partial charge in [0, 0.05) is 31.7 Å². The number of piperidine rings is 1. The number of benzene rings is 2. The van der Waals surface area contributed by atoms with Gasteiger partial charge in [-0.1, -0.05) is 42.8 Å². The molecule has 2 N–H and O–H groups in total. The van der Waals surface area contributed by atoms with Crippen LogP contribution in [0.5, 0.6) is 5.75 Å². The molecule has 0 aliphatic carbocycles. The number of amides is 2. The van der Waals surface area contributed by atoms with Crippen LogP contribution in [-0.4, -0.2) is 38.2 Å². The van der Waals surface area contributed by atoms with Gasteiger partial charge in [-0.15, -0.1) is 13.2 Å². The van der Waals surface area contributed by atoms with Crippen LogP contribution in [-0.2, 0) is 23.1 Å². The van der Waals surface area contributed by atoms with Crippen molar-refractivity contribution in [3.63, 3.8) is 0 Å². The Morgan fingerprint density at radius 1 is 0.906 bits per heavy atom. The molecule has 1 fully saturated rings. The lowest BCUT2D eigenvalue weighted by Crippen LogP contribution is -2.37. The van der Waals surface area contributed by atoms with Crippen molar-refractivity contribution in [2.75, 3.05) is 13.1 Å². The normalized spacial score (nSPS) is 15.2. The number of urea groups is 1. The third-order valence-electron chi connectivity index (χ3n) is 4.98. The summed E-state index contributed by atoms with van der Waals surface area (Å²) in [6.45, 7) is 0.662. The summed E-state index contributed by atoms with van der Waals surface area (Å²) in [6.07, 6.45) is -2.24. The van der Waals surface area contributed by atoms with E-state index in [9.17, 15) is 26.4 Å². The van der Waals surface area contributed by atoms with Crippen molar-refractivity contribution in [3.05, 3.63) is 59.7 Å². The number of halogens is 3. The van der Waals surface area contributed by atoms with Crippen molar-refractivity contribution in [2.45, 2.75) is 43.6 Å². The Kier molecular flexibility index (Phi) is 7.62. The van der Waals surface area contributed by atoms with E-state index < -0.39 is 28.2 Å². The third kappa shape index (κ3) is 6.36. The first-order valence-electron chi connectivity index (χ1n) is 10.1. The van der Waals surface area contributed by atoms with E-state index in [2.05, 4.69) is 15.4 Å². The summed E-state index contributed by atoms with van der Waals surface area (Å²) >= 11 is 0. The number of ether oxygens (including phenoxy) is 1. The molecule has 0 unspecified atom stereocenters. The monoisotopic (exact) mass is 471 g/mol. The Hall–Kier alpha value is -2.79. The lowest BCUT2D eigenvalue weighted by molar-refractivity contribution is -0.274. The average Bonchev–Trinajstić information content (AvgIpc) is 2.77. The zero-order chi connectivity index (χ0) is 23.2. The van der Waals surface area contributed by atoms with Crippen LogP contribution >= 0.6 is 0 Å². The summed E-state index contributed by atoms with van der Waals surface area (Å²) in [5, 5.41) is 5.02. The fourth-order valence-corrected chi connectivity index (χ4v) is 5.17. The first kappa shape index (κ1) is 23.9. The van der Waals surface area contributed by atoms with Crippen LogP contribution in [0.2, 0.25) is 0 Å². The highest BCUT2D eigenvalue weighted by molar-refractivity contribution is 7.89. The zero-order valence-electron chi connectivity index (χ0n) is 17.2. The number of carbonyl (C=O) groups excluding carboxylic acids is 1. The van der Waals surface area contributed by atoms with Crippen molar-refractivity contribution in [1.29, 1.82) is 0 Å². The van der Waals surface area contributed by atoms with Crippen LogP contribution in [0.25, 0.3) is 0 Å². The van der Waals surface area contributed by atoms with Crippen LogP contribution in [0.1, 0.15) is 30.4 Å². The predicted molar refractivity (Wildman–Crippen MR) is 111 cm³/mol. The van der Waals surface area contributed by atoms with Crippen molar-refractivity contribution in [1.82, 2.24) is 14.9 Å². The molecule has 0 spiro atoms. The van der Waals surface area contributed by atoms with Crippen LogP contribution in [0.3, 0.4) is 0 Å². The maximum Gasteiger partial charge on any atom is 0.573 e. The summed E-state index contributed by atoms with van der Waals surface area (Å²) in [6, 6.07) is 11.2. The van der Waals surface area contributed by atoms with Crippen molar-refractivity contribution >= 4 is 16.1 Å². The minimum atomic E-state index is -4.85. The highest BCUT2D eigenvalue weighted by atomic mass is 32.2. The van der Waals surface area contributed by atoms with Crippen LogP contribution in [0, 0.1) is 0 Å². The number of nitrogens with zero attached hydrogens (tertiary/aromatic N) is 1. The van der Waals surface area contributed by atoms with Gasteiger partial charge in [0.25, 0.3) is 0 Å². The standard InChI is InChI=1S/C21H24F3N3O4S/c22-21(23,24)31-18-10-4-2-8-16(18)14-25-20(28)26-15-17-9-3-5-11-19(17)32(29,30)27-12-6-1-7-13-27/h2-5,8-11H,1,6-7,12-15H2,(H2,25,26,28). The molecular weight excluding hydrogens is 447 g/mol. The molecule has 3 rings (SSSR count). The second-order valence-corrected chi connectivity index (χ2v) is 9.17. The fourth-order valence-electron chi connectivity index (χ4n) is 3.43. The van der Waals surface area contributed by atoms with E-state index in [0.717, 1.165) is 25.3 Å². The van der Waals surface area contributed by atoms with Gasteiger partial charge in [-0.3, -0.25) is 0 Å². The Morgan fingerprint density at radius 3 is 2.12 bits per heavy atom. The molecule has 1 aliphatic heterocycles. The molecule has 1 heterocycles. The lowest BCUT2D eigenvalue weighted by Gasteiger charge is -2.26. The smallest absolute Gasteiger partial charge is 0.405 e. The van der Waals surface area contributed by atoms with Crippen molar-refractivity contribution in [2.24, 2.45) is 0 Å². The molecular formula is C21H24F3N3O4S. The number of para-hydroxylation sites is 1. The van der Waals surface area contributed by atoms with Gasteiger partial charge in [0.05, 0.1) is 4.90 Å². The summed E-state index contributed by atoms with van der Waals surface area (Å²) in [5.74, 6) is -0.404. The number of sulfonamides is 1. The van der Waals surface area contributed by atoms with Gasteiger partial charge >= 0.3 is 12.4 Å². The lowest BCUT2D eigenvalue weighted by atomic mass is 10.2. The highest BCUT2D eigenvalue weighted by Gasteiger charge is 2.32. The topological polar surface area (TPSA) is 87.7 Å². The second kappa shape index (κ2) is 10.2. The van der Waals surface area contributed by atoms with E-state index >= 15 is 0 Å². The van der Waals surface area contributed by atoms with Crippen LogP contribution < -0.4 is 15.4 Å². The predicted octanol–water partition coefficient (Wildman–Crippen LogP) is 3.76. The molecule has 11 heteroatoms. The second-order valence-electron chi connectivity index (χ2n) is 7.26. The molecule has 0 aromatic heterocycles. The number of rotatable bonds is 7. The molecule has 2 aromatic carbocycles. The highest BCUT2D eigenvalue weighted by Crippen LogP contribution is 2.26. The Bertz CT molecular complexity index is 1040. The maximum absolute atomic E-state index is 13.0. The molecule has 1 aliphatic rings. The average molecular weight is 472 g/mol. The first-order valence-corrected chi connectivity index (χ1v) is 11.5. The van der Waals surface area contributed by atoms with E-state index in [1.165, 1.54) is 28.6 Å². The minimum absolute atomic E-state index is 0.0597. The summed E-state index contributed by atoms with van der Waals surface area (Å²) < 4.78 is 69.0. The summed E-state index contributed by atoms with van der Waals surface area (Å²) in [4.78, 5) is 12.3. The molecule has 0 atom stereocenters. The van der Waals surface area contributed by atoms with E-state index in [4.69, 9.17) is 0 Å². The SMILES string of the molecule is O=C(NCc1ccccc1OC(F)(F)F)NCc1ccccc1S(=O)(=O)N1CCCCC1. The van der Waals surface area contributed by atoms with Gasteiger partial charge in [-0.05, 0) is 30.5 Å². The minimum Gasteiger partial charge on any atom is -0.405 e. The Balaban J connectivity index is 1.62. The molecule has 7 nitrogen and oxygen atoms in total. The van der Waals surface area contributed by atoms with Gasteiger partial charge in [-0.25, -0.2) is 13.2 Å². The van der Waals surface area contributed by atoms with Crippen molar-refractivity contribution < 1.29 is 31.1 Å². The number of nitrogens with one attached hydrogen (secondary N) is 2. The van der Waals surface area contributed by atoms with E-state index in [-0.39, 0.29) is 23.5 Å². The molecule has 1 saturated heterocycles. The van der Waals surface area contributed by atoms with Gasteiger partial charge in [0.2, 0.25) is 10.0 Å². The molecule has 174 valence electrons. The van der Waals surface area contributed by atoms with Gasteiger partial charge in [0.15, 0.2) is 0 Å². The van der Waals surface area contributed by atoms with Gasteiger partial charge < -0.3 is 15.4 Å². The molecule has 2 amide bonds. The van der Waals surface area contributed by atoms with Gasteiger partial charge in [0.1, 0.15) is 5.75 Å². The number of hydrogen-bond donors (Lipinski definition) is 2. The van der Waals surface area contributed by atoms with Crippen LogP contribution in [0.15, 0.2) is 53.4 Å². The fraction of sp³-hybridized carbons (Fsp3) is 0.381. The molecule has 0 bridgehead atoms. The third-order valence-corrected chi connectivity index (χ3v) is 6.98. The summed E-state index contributed by atoms with van der Waals surface area (Å²) in [7, 11) is -3.68. The molecule has 0 saturated carbocycles. The number of hydrogen-bond acceptors (Lipinski definition) is 4. The number of alkyl halides is 3. The largest absolute Gasteiger partial charge is 0.573 e. The van der Waals surface area contributed by atoms with Crippen molar-refractivity contribution in [3.8, 4) is 5.75 Å². The molecule has 32 heavy (non-hydrogen) atoms. The first-order chi connectivity index (χ1) is 15.2. The Morgan fingerprint density at radius 2 is 1.47 bits per heavy atom. The van der Waals surface area contributed by atoms with Crippen LogP contribution in [0.4, 0.5) is 18.0 Å². The zero-order valence-corrected chi connectivity index (χ0v) is 18.0. The van der Waals surface area contributed by atoms with E-state index in [0.29, 0.717) is 18.7 Å². The van der Waals surface area contributed by atoms with E-state index in [1.807, 2.05) is 0 Å². The molecule has 2 aromatic rings. The van der Waals surface area contributed by atoms with Gasteiger partial charge in [-0.2, -0.15) is 4.31 Å². The Labute approximate surface area is 184 Å².